The van der Waals surface area contributed by atoms with Crippen molar-refractivity contribution in [3.05, 3.63) is 26.4 Å². The maximum Gasteiger partial charge on any atom is 0.470 e. The van der Waals surface area contributed by atoms with Gasteiger partial charge in [-0.05, 0) is 5.16 Å². The van der Waals surface area contributed by atoms with Gasteiger partial charge in [0, 0.05) is 0 Å². The molecule has 10 nitrogen and oxygen atoms in total. The van der Waals surface area contributed by atoms with E-state index in [1.54, 1.807) is 0 Å². The van der Waals surface area contributed by atoms with Crippen LogP contribution in [0.15, 0.2) is 10.8 Å². The molecule has 0 bridgehead atoms. The highest BCUT2D eigenvalue weighted by molar-refractivity contribution is 5.28. The van der Waals surface area contributed by atoms with Gasteiger partial charge in [0.15, 0.2) is 6.54 Å². The number of hydrogen-bond donors (Lipinski definition) is 0. The monoisotopic (exact) mass is 221 g/mol. The molecule has 82 valence electrons. The number of hydrogen-bond acceptors (Lipinski definition) is 8. The van der Waals surface area contributed by atoms with E-state index in [-0.39, 0.29) is 5.12 Å². The maximum absolute atomic E-state index is 13.0. The van der Waals surface area contributed by atoms with Crippen LogP contribution >= 0.6 is 0 Å². The molecule has 0 aliphatic heterocycles. The van der Waals surface area contributed by atoms with Gasteiger partial charge in [-0.15, -0.1) is 0 Å². The third-order valence-electron chi connectivity index (χ3n) is 1.41. The van der Waals surface area contributed by atoms with E-state index in [1.807, 2.05) is 0 Å². The van der Waals surface area contributed by atoms with E-state index >= 15 is 0 Å². The van der Waals surface area contributed by atoms with Gasteiger partial charge in [0.25, 0.3) is 0 Å². The largest absolute Gasteiger partial charge is 0.470 e. The number of halogens is 1. The normalized spacial score (nSPS) is 10.3. The van der Waals surface area contributed by atoms with Crippen LogP contribution in [0.1, 0.15) is 0 Å². The summed E-state index contributed by atoms with van der Waals surface area (Å²) in [6.07, 6.45) is -1.44. The molecule has 15 heavy (non-hydrogen) atoms. The van der Waals surface area contributed by atoms with E-state index in [2.05, 4.69) is 14.9 Å². The van der Waals surface area contributed by atoms with E-state index in [0.717, 1.165) is 6.20 Å². The summed E-state index contributed by atoms with van der Waals surface area (Å²) in [6, 6.07) is 0. The Morgan fingerprint density at radius 3 is 2.53 bits per heavy atom. The number of rotatable bonds is 5. The van der Waals surface area contributed by atoms with Crippen molar-refractivity contribution in [1.82, 2.24) is 10.3 Å². The molecule has 1 heterocycles. The first kappa shape index (κ1) is 10.7. The average Bonchev–Trinajstić information content (AvgIpc) is 2.65. The zero-order valence-electron chi connectivity index (χ0n) is 7.02. The minimum atomic E-state index is -2.27. The quantitative estimate of drug-likeness (QED) is 0.285. The fraction of sp³-hybridized carbons (Fsp3) is 0.500. The predicted octanol–water partition coefficient (Wildman–Crippen LogP) is -0.360. The second-order valence-corrected chi connectivity index (χ2v) is 2.36. The summed E-state index contributed by atoms with van der Waals surface area (Å²) >= 11 is 0. The van der Waals surface area contributed by atoms with E-state index in [4.69, 9.17) is 0 Å². The molecule has 0 aliphatic carbocycles. The first-order valence-corrected chi connectivity index (χ1v) is 3.50. The lowest BCUT2D eigenvalue weighted by Gasteiger charge is -2.07. The molecule has 0 unspecified atom stereocenters. The predicted molar refractivity (Wildman–Crippen MR) is 40.5 cm³/mol. The molecule has 11 heteroatoms. The summed E-state index contributed by atoms with van der Waals surface area (Å²) < 4.78 is 17.0. The summed E-state index contributed by atoms with van der Waals surface area (Å²) in [5.41, 5.74) is 0. The second-order valence-electron chi connectivity index (χ2n) is 2.36. The standard InChI is InChI=1S/C4H4FN5O5/c5-8(3-1-6-15-7-3)2-4(9(11)12)10(13)14/h1,4H,2H2. The number of nitrogens with zero attached hydrogens (tertiary/aromatic N) is 5. The minimum Gasteiger partial charge on any atom is -0.258 e. The molecule has 0 saturated carbocycles. The van der Waals surface area contributed by atoms with Crippen molar-refractivity contribution in [3.63, 3.8) is 0 Å². The molecule has 0 radical (unpaired) electrons. The van der Waals surface area contributed by atoms with Gasteiger partial charge in [-0.25, -0.2) is 4.63 Å². The SMILES string of the molecule is O=[N+]([O-])C(CN(F)c1cnon1)[N+](=O)[O-]. The smallest absolute Gasteiger partial charge is 0.258 e. The lowest BCUT2D eigenvalue weighted by atomic mass is 10.5. The van der Waals surface area contributed by atoms with E-state index < -0.39 is 28.4 Å². The fourth-order valence-corrected chi connectivity index (χ4v) is 0.714. The van der Waals surface area contributed by atoms with E-state index in [1.165, 1.54) is 0 Å². The Balaban J connectivity index is 2.67. The van der Waals surface area contributed by atoms with Crippen molar-refractivity contribution in [2.75, 3.05) is 11.7 Å². The lowest BCUT2D eigenvalue weighted by molar-refractivity contribution is -0.739. The molecule has 0 spiro atoms. The van der Waals surface area contributed by atoms with E-state index in [9.17, 15) is 24.7 Å². The van der Waals surface area contributed by atoms with Gasteiger partial charge in [-0.2, -0.15) is 5.12 Å². The van der Waals surface area contributed by atoms with Crippen molar-refractivity contribution in [3.8, 4) is 0 Å². The van der Waals surface area contributed by atoms with Gasteiger partial charge in [-0.1, -0.05) is 9.64 Å². The molecule has 0 aromatic carbocycles. The molecule has 0 saturated heterocycles. The molecular weight excluding hydrogens is 217 g/mol. The number of nitro groups is 2. The zero-order chi connectivity index (χ0) is 11.4. The van der Waals surface area contributed by atoms with Gasteiger partial charge >= 0.3 is 6.17 Å². The van der Waals surface area contributed by atoms with Crippen LogP contribution in [0.25, 0.3) is 0 Å². The third kappa shape index (κ3) is 2.55. The maximum atomic E-state index is 13.0. The van der Waals surface area contributed by atoms with Crippen molar-refractivity contribution >= 4 is 5.82 Å². The van der Waals surface area contributed by atoms with Crippen LogP contribution in [0.3, 0.4) is 0 Å². The van der Waals surface area contributed by atoms with Crippen LogP contribution in [0.2, 0.25) is 0 Å². The van der Waals surface area contributed by atoms with Gasteiger partial charge < -0.3 is 0 Å². The fourth-order valence-electron chi connectivity index (χ4n) is 0.714. The van der Waals surface area contributed by atoms with Crippen LogP contribution in [-0.2, 0) is 0 Å². The molecule has 0 amide bonds. The van der Waals surface area contributed by atoms with Crippen molar-refractivity contribution in [1.29, 1.82) is 0 Å². The molecule has 1 aromatic rings. The Hall–Kier alpha value is -2.33. The number of aromatic nitrogens is 2. The van der Waals surface area contributed by atoms with Crippen LogP contribution < -0.4 is 5.12 Å². The Bertz CT molecular complexity index is 340. The molecule has 1 rings (SSSR count). The lowest BCUT2D eigenvalue weighted by Crippen LogP contribution is -2.38. The summed E-state index contributed by atoms with van der Waals surface area (Å²) in [6.45, 7) is -1.08. The molecular formula is C4H4FN5O5. The van der Waals surface area contributed by atoms with Crippen molar-refractivity contribution in [2.24, 2.45) is 0 Å². The highest BCUT2D eigenvalue weighted by Gasteiger charge is 2.36. The van der Waals surface area contributed by atoms with Gasteiger partial charge in [-0.3, -0.25) is 20.2 Å². The zero-order valence-corrected chi connectivity index (χ0v) is 7.02. The molecule has 0 N–H and O–H groups in total. The Morgan fingerprint density at radius 2 is 2.13 bits per heavy atom. The van der Waals surface area contributed by atoms with Crippen molar-refractivity contribution < 1.29 is 19.0 Å². The van der Waals surface area contributed by atoms with E-state index in [0.29, 0.717) is 0 Å². The summed E-state index contributed by atoms with van der Waals surface area (Å²) in [5.74, 6) is -0.469. The minimum absolute atomic E-state index is 0.285. The Morgan fingerprint density at radius 1 is 1.53 bits per heavy atom. The van der Waals surface area contributed by atoms with Crippen LogP contribution in [0.5, 0.6) is 0 Å². The second kappa shape index (κ2) is 4.26. The third-order valence-corrected chi connectivity index (χ3v) is 1.41. The molecule has 0 atom stereocenters. The summed E-state index contributed by atoms with van der Waals surface area (Å²) in [4.78, 5) is 17.9. The van der Waals surface area contributed by atoms with Crippen molar-refractivity contribution in [2.45, 2.75) is 6.17 Å². The molecule has 0 fully saturated rings. The van der Waals surface area contributed by atoms with Gasteiger partial charge in [0.05, 0.1) is 9.85 Å². The highest BCUT2D eigenvalue weighted by atomic mass is 19.2. The average molecular weight is 221 g/mol. The van der Waals surface area contributed by atoms with Crippen LogP contribution in [0, 0.1) is 20.2 Å². The summed E-state index contributed by atoms with van der Waals surface area (Å²) in [7, 11) is 0. The highest BCUT2D eigenvalue weighted by Crippen LogP contribution is 2.10. The first-order valence-electron chi connectivity index (χ1n) is 3.50. The molecule has 1 aromatic heterocycles. The summed E-state index contributed by atoms with van der Waals surface area (Å²) in [5, 5.41) is 26.1. The van der Waals surface area contributed by atoms with Gasteiger partial charge in [0.2, 0.25) is 5.82 Å². The van der Waals surface area contributed by atoms with Crippen LogP contribution in [0.4, 0.5) is 10.3 Å². The first-order chi connectivity index (χ1) is 7.02. The number of anilines is 1. The van der Waals surface area contributed by atoms with Crippen LogP contribution in [-0.4, -0.2) is 32.9 Å². The van der Waals surface area contributed by atoms with Gasteiger partial charge in [0.1, 0.15) is 6.20 Å². The topological polar surface area (TPSA) is 128 Å². The Kier molecular flexibility index (Phi) is 3.05. The molecule has 0 aliphatic rings. The Labute approximate surface area is 80.5 Å².